The number of hydrogen-bond acceptors (Lipinski definition) is 5. The van der Waals surface area contributed by atoms with Crippen LogP contribution in [0.15, 0.2) is 58.3 Å². The maximum atomic E-state index is 12.4. The molecule has 0 fully saturated rings. The van der Waals surface area contributed by atoms with Crippen LogP contribution in [0.5, 0.6) is 0 Å². The summed E-state index contributed by atoms with van der Waals surface area (Å²) in [5, 5.41) is 2.75. The standard InChI is InChI=1S/C17H20N2O3S3/c1-23-15-8-4-6-13(10-15)18-17(20)12-19(25(3,21)22)14-7-5-9-16(11-14)24-2/h4-11H,12H2,1-3H3,(H,18,20). The number of sulfonamides is 1. The maximum Gasteiger partial charge on any atom is 0.245 e. The second-order valence-corrected chi connectivity index (χ2v) is 8.92. The van der Waals surface area contributed by atoms with Crippen molar-refractivity contribution >= 4 is 50.8 Å². The molecule has 5 nitrogen and oxygen atoms in total. The third kappa shape index (κ3) is 5.69. The van der Waals surface area contributed by atoms with E-state index in [4.69, 9.17) is 0 Å². The molecular weight excluding hydrogens is 376 g/mol. The minimum atomic E-state index is -3.58. The van der Waals surface area contributed by atoms with Crippen molar-refractivity contribution in [2.24, 2.45) is 0 Å². The number of thioether (sulfide) groups is 2. The zero-order valence-corrected chi connectivity index (χ0v) is 16.7. The minimum Gasteiger partial charge on any atom is -0.324 e. The highest BCUT2D eigenvalue weighted by Crippen LogP contribution is 2.24. The molecule has 0 spiro atoms. The van der Waals surface area contributed by atoms with Gasteiger partial charge in [0.15, 0.2) is 0 Å². The first-order valence-corrected chi connectivity index (χ1v) is 11.7. The third-order valence-corrected chi connectivity index (χ3v) is 5.97. The third-order valence-electron chi connectivity index (χ3n) is 3.38. The van der Waals surface area contributed by atoms with Gasteiger partial charge in [0.2, 0.25) is 15.9 Å². The molecule has 0 bridgehead atoms. The number of amides is 1. The fraction of sp³-hybridized carbons (Fsp3) is 0.235. The molecule has 0 aliphatic carbocycles. The van der Waals surface area contributed by atoms with Crippen molar-refractivity contribution in [3.05, 3.63) is 48.5 Å². The summed E-state index contributed by atoms with van der Waals surface area (Å²) >= 11 is 3.08. The lowest BCUT2D eigenvalue weighted by Crippen LogP contribution is -2.37. The molecule has 0 saturated heterocycles. The second kappa shape index (κ2) is 8.64. The highest BCUT2D eigenvalue weighted by atomic mass is 32.2. The fourth-order valence-corrected chi connectivity index (χ4v) is 3.96. The highest BCUT2D eigenvalue weighted by Gasteiger charge is 2.21. The monoisotopic (exact) mass is 396 g/mol. The van der Waals surface area contributed by atoms with Gasteiger partial charge >= 0.3 is 0 Å². The summed E-state index contributed by atoms with van der Waals surface area (Å²) in [5.41, 5.74) is 1.12. The molecule has 0 aliphatic heterocycles. The van der Waals surface area contributed by atoms with Gasteiger partial charge in [-0.15, -0.1) is 23.5 Å². The van der Waals surface area contributed by atoms with Crippen LogP contribution in [0.3, 0.4) is 0 Å². The molecule has 2 aromatic carbocycles. The Kier molecular flexibility index (Phi) is 6.80. The van der Waals surface area contributed by atoms with E-state index < -0.39 is 15.9 Å². The van der Waals surface area contributed by atoms with E-state index in [1.807, 2.05) is 36.8 Å². The molecule has 1 amide bonds. The number of rotatable bonds is 7. The average molecular weight is 397 g/mol. The summed E-state index contributed by atoms with van der Waals surface area (Å²) in [4.78, 5) is 14.3. The lowest BCUT2D eigenvalue weighted by molar-refractivity contribution is -0.114. The molecular formula is C17H20N2O3S3. The molecule has 2 aromatic rings. The van der Waals surface area contributed by atoms with Gasteiger partial charge in [0, 0.05) is 15.5 Å². The predicted octanol–water partition coefficient (Wildman–Crippen LogP) is 3.54. The normalized spacial score (nSPS) is 11.2. The molecule has 2 rings (SSSR count). The minimum absolute atomic E-state index is 0.278. The van der Waals surface area contributed by atoms with E-state index in [0.717, 1.165) is 20.4 Å². The first kappa shape index (κ1) is 19.7. The van der Waals surface area contributed by atoms with Gasteiger partial charge in [-0.3, -0.25) is 9.10 Å². The van der Waals surface area contributed by atoms with Crippen LogP contribution in [-0.2, 0) is 14.8 Å². The molecule has 0 aliphatic rings. The number of anilines is 2. The van der Waals surface area contributed by atoms with Crippen molar-refractivity contribution in [2.75, 3.05) is 34.9 Å². The van der Waals surface area contributed by atoms with Crippen molar-refractivity contribution in [3.63, 3.8) is 0 Å². The molecule has 0 unspecified atom stereocenters. The van der Waals surface area contributed by atoms with Gasteiger partial charge in [-0.1, -0.05) is 12.1 Å². The Morgan fingerprint density at radius 1 is 1.04 bits per heavy atom. The summed E-state index contributed by atoms with van der Waals surface area (Å²) in [6.45, 7) is -0.278. The van der Waals surface area contributed by atoms with Crippen molar-refractivity contribution in [3.8, 4) is 0 Å². The lowest BCUT2D eigenvalue weighted by Gasteiger charge is -2.22. The molecule has 0 heterocycles. The van der Waals surface area contributed by atoms with Gasteiger partial charge in [-0.05, 0) is 48.9 Å². The molecule has 8 heteroatoms. The summed E-state index contributed by atoms with van der Waals surface area (Å²) in [7, 11) is -3.58. The number of carbonyl (C=O) groups is 1. The SMILES string of the molecule is CSc1cccc(NC(=O)CN(c2cccc(SC)c2)S(C)(=O)=O)c1. The number of carbonyl (C=O) groups excluding carboxylic acids is 1. The van der Waals surface area contributed by atoms with Crippen LogP contribution in [0.25, 0.3) is 0 Å². The first-order chi connectivity index (χ1) is 11.8. The summed E-state index contributed by atoms with van der Waals surface area (Å²) in [5.74, 6) is -0.391. The molecule has 0 saturated carbocycles. The largest absolute Gasteiger partial charge is 0.324 e. The smallest absolute Gasteiger partial charge is 0.245 e. The van der Waals surface area contributed by atoms with E-state index in [0.29, 0.717) is 11.4 Å². The zero-order valence-electron chi connectivity index (χ0n) is 14.2. The van der Waals surface area contributed by atoms with E-state index in [2.05, 4.69) is 5.32 Å². The first-order valence-electron chi connectivity index (χ1n) is 7.39. The van der Waals surface area contributed by atoms with Crippen molar-refractivity contribution < 1.29 is 13.2 Å². The van der Waals surface area contributed by atoms with Gasteiger partial charge in [0.05, 0.1) is 11.9 Å². The van der Waals surface area contributed by atoms with Crippen LogP contribution >= 0.6 is 23.5 Å². The summed E-state index contributed by atoms with van der Waals surface area (Å²) in [6, 6.07) is 14.5. The molecule has 1 N–H and O–H groups in total. The quantitative estimate of drug-likeness (QED) is 0.725. The highest BCUT2D eigenvalue weighted by molar-refractivity contribution is 7.98. The van der Waals surface area contributed by atoms with Gasteiger partial charge in [-0.2, -0.15) is 0 Å². The zero-order chi connectivity index (χ0) is 18.4. The second-order valence-electron chi connectivity index (χ2n) is 5.25. The molecule has 0 radical (unpaired) electrons. The Labute approximate surface area is 157 Å². The maximum absolute atomic E-state index is 12.4. The molecule has 134 valence electrons. The van der Waals surface area contributed by atoms with Gasteiger partial charge in [-0.25, -0.2) is 8.42 Å². The van der Waals surface area contributed by atoms with Crippen molar-refractivity contribution in [1.82, 2.24) is 0 Å². The van der Waals surface area contributed by atoms with Gasteiger partial charge in [0.1, 0.15) is 6.54 Å². The average Bonchev–Trinajstić information content (AvgIpc) is 2.59. The van der Waals surface area contributed by atoms with E-state index >= 15 is 0 Å². The number of benzene rings is 2. The fourth-order valence-electron chi connectivity index (χ4n) is 2.20. The number of nitrogens with zero attached hydrogens (tertiary/aromatic N) is 1. The van der Waals surface area contributed by atoms with Crippen molar-refractivity contribution in [2.45, 2.75) is 9.79 Å². The molecule has 0 atom stereocenters. The van der Waals surface area contributed by atoms with Gasteiger partial charge < -0.3 is 5.32 Å². The molecule has 0 aromatic heterocycles. The van der Waals surface area contributed by atoms with Crippen LogP contribution in [0.4, 0.5) is 11.4 Å². The van der Waals surface area contributed by atoms with E-state index in [-0.39, 0.29) is 6.54 Å². The Balaban J connectivity index is 2.20. The van der Waals surface area contributed by atoms with E-state index in [9.17, 15) is 13.2 Å². The lowest BCUT2D eigenvalue weighted by atomic mass is 10.3. The van der Waals surface area contributed by atoms with Gasteiger partial charge in [0.25, 0.3) is 0 Å². The van der Waals surface area contributed by atoms with Crippen LogP contribution in [0, 0.1) is 0 Å². The summed E-state index contributed by atoms with van der Waals surface area (Å²) in [6.07, 6.45) is 4.96. The topological polar surface area (TPSA) is 66.5 Å². The van der Waals surface area contributed by atoms with E-state index in [1.54, 1.807) is 36.0 Å². The summed E-state index contributed by atoms with van der Waals surface area (Å²) < 4.78 is 25.4. The van der Waals surface area contributed by atoms with Crippen LogP contribution in [0.1, 0.15) is 0 Å². The van der Waals surface area contributed by atoms with E-state index in [1.165, 1.54) is 11.8 Å². The predicted molar refractivity (Wildman–Crippen MR) is 107 cm³/mol. The number of nitrogens with one attached hydrogen (secondary N) is 1. The van der Waals surface area contributed by atoms with Crippen LogP contribution in [0.2, 0.25) is 0 Å². The molecule has 25 heavy (non-hydrogen) atoms. The van der Waals surface area contributed by atoms with Crippen molar-refractivity contribution in [1.29, 1.82) is 0 Å². The van der Waals surface area contributed by atoms with Crippen LogP contribution < -0.4 is 9.62 Å². The Bertz CT molecular complexity index is 854. The Hall–Kier alpha value is -1.64. The Morgan fingerprint density at radius 2 is 1.64 bits per heavy atom. The number of hydrogen-bond donors (Lipinski definition) is 1. The Morgan fingerprint density at radius 3 is 2.24 bits per heavy atom. The van der Waals surface area contributed by atoms with Crippen LogP contribution in [-0.4, -0.2) is 39.6 Å².